The molecule has 0 aromatic heterocycles. The lowest BCUT2D eigenvalue weighted by Crippen LogP contribution is -1.95. The van der Waals surface area contributed by atoms with Gasteiger partial charge in [0, 0.05) is 0 Å². The lowest BCUT2D eigenvalue weighted by atomic mass is 10.2. The zero-order chi connectivity index (χ0) is 14.7. The first-order chi connectivity index (χ1) is 9.49. The predicted octanol–water partition coefficient (Wildman–Crippen LogP) is 4.81. The molecule has 0 saturated heterocycles. The SMILES string of the molecule is O=C(O)c1ccccc1/N=N/c1cc(Cl)c(O)c(Cl)c1. The lowest BCUT2D eigenvalue weighted by Gasteiger charge is -2.01. The zero-order valence-corrected chi connectivity index (χ0v) is 11.4. The van der Waals surface area contributed by atoms with Gasteiger partial charge in [-0.2, -0.15) is 5.11 Å². The van der Waals surface area contributed by atoms with Crippen molar-refractivity contribution >= 4 is 40.5 Å². The van der Waals surface area contributed by atoms with Crippen LogP contribution in [0.2, 0.25) is 10.0 Å². The van der Waals surface area contributed by atoms with Gasteiger partial charge in [0.15, 0.2) is 5.75 Å². The number of rotatable bonds is 3. The Labute approximate surface area is 124 Å². The van der Waals surface area contributed by atoms with Gasteiger partial charge in [0.1, 0.15) is 5.69 Å². The summed E-state index contributed by atoms with van der Waals surface area (Å²) in [7, 11) is 0. The molecular formula is C13H8Cl2N2O3. The van der Waals surface area contributed by atoms with E-state index in [9.17, 15) is 9.90 Å². The number of phenols is 1. The highest BCUT2D eigenvalue weighted by Gasteiger charge is 2.09. The molecule has 2 aromatic rings. The van der Waals surface area contributed by atoms with E-state index in [2.05, 4.69) is 10.2 Å². The Morgan fingerprint density at radius 3 is 2.25 bits per heavy atom. The van der Waals surface area contributed by atoms with E-state index >= 15 is 0 Å². The maximum atomic E-state index is 11.0. The molecule has 2 N–H and O–H groups in total. The van der Waals surface area contributed by atoms with E-state index in [-0.39, 0.29) is 27.0 Å². The summed E-state index contributed by atoms with van der Waals surface area (Å²) in [6.45, 7) is 0. The number of hydrogen-bond acceptors (Lipinski definition) is 4. The minimum atomic E-state index is -1.10. The molecular weight excluding hydrogens is 303 g/mol. The maximum absolute atomic E-state index is 11.0. The van der Waals surface area contributed by atoms with E-state index in [0.29, 0.717) is 5.69 Å². The van der Waals surface area contributed by atoms with Crippen LogP contribution in [0.1, 0.15) is 10.4 Å². The highest BCUT2D eigenvalue weighted by Crippen LogP contribution is 2.36. The molecule has 0 spiro atoms. The van der Waals surface area contributed by atoms with Crippen LogP contribution in [-0.2, 0) is 0 Å². The topological polar surface area (TPSA) is 82.2 Å². The summed E-state index contributed by atoms with van der Waals surface area (Å²) in [6, 6.07) is 8.93. The van der Waals surface area contributed by atoms with E-state index in [4.69, 9.17) is 28.3 Å². The highest BCUT2D eigenvalue weighted by atomic mass is 35.5. The van der Waals surface area contributed by atoms with Crippen LogP contribution in [0.15, 0.2) is 46.6 Å². The Hall–Kier alpha value is -2.11. The molecule has 0 amide bonds. The van der Waals surface area contributed by atoms with Crippen molar-refractivity contribution in [3.05, 3.63) is 52.0 Å². The van der Waals surface area contributed by atoms with Crippen LogP contribution >= 0.6 is 23.2 Å². The number of phenolic OH excluding ortho intramolecular Hbond substituents is 1. The largest absolute Gasteiger partial charge is 0.505 e. The number of aromatic carboxylic acids is 1. The van der Waals surface area contributed by atoms with Crippen molar-refractivity contribution in [2.24, 2.45) is 10.2 Å². The molecule has 0 fully saturated rings. The predicted molar refractivity (Wildman–Crippen MR) is 75.7 cm³/mol. The van der Waals surface area contributed by atoms with Crippen molar-refractivity contribution in [1.29, 1.82) is 0 Å². The standard InChI is InChI=1S/C13H8Cl2N2O3/c14-9-5-7(6-10(15)12(9)18)16-17-11-4-2-1-3-8(11)13(19)20/h1-6,18H,(H,19,20)/b17-16+. The molecule has 0 heterocycles. The highest BCUT2D eigenvalue weighted by molar-refractivity contribution is 6.37. The van der Waals surface area contributed by atoms with Crippen molar-refractivity contribution in [2.45, 2.75) is 0 Å². The Morgan fingerprint density at radius 2 is 1.65 bits per heavy atom. The molecule has 102 valence electrons. The van der Waals surface area contributed by atoms with Crippen LogP contribution in [0, 0.1) is 0 Å². The lowest BCUT2D eigenvalue weighted by molar-refractivity contribution is 0.0697. The Kier molecular flexibility index (Phi) is 4.22. The van der Waals surface area contributed by atoms with Crippen LogP contribution in [0.3, 0.4) is 0 Å². The molecule has 20 heavy (non-hydrogen) atoms. The zero-order valence-electron chi connectivity index (χ0n) is 9.92. The Bertz CT molecular complexity index is 679. The number of carboxylic acids is 1. The summed E-state index contributed by atoms with van der Waals surface area (Å²) >= 11 is 11.5. The van der Waals surface area contributed by atoms with Gasteiger partial charge >= 0.3 is 5.97 Å². The van der Waals surface area contributed by atoms with Gasteiger partial charge in [-0.3, -0.25) is 0 Å². The first kappa shape index (κ1) is 14.3. The van der Waals surface area contributed by atoms with Crippen molar-refractivity contribution in [1.82, 2.24) is 0 Å². The van der Waals surface area contributed by atoms with Crippen LogP contribution < -0.4 is 0 Å². The van der Waals surface area contributed by atoms with Gasteiger partial charge in [-0.05, 0) is 24.3 Å². The van der Waals surface area contributed by atoms with E-state index in [0.717, 1.165) is 0 Å². The van der Waals surface area contributed by atoms with E-state index in [1.165, 1.54) is 24.3 Å². The summed E-state index contributed by atoms with van der Waals surface area (Å²) < 4.78 is 0. The number of carboxylic acid groups (broad SMARTS) is 1. The molecule has 0 aliphatic carbocycles. The number of aromatic hydroxyl groups is 1. The minimum Gasteiger partial charge on any atom is -0.505 e. The second kappa shape index (κ2) is 5.90. The summed E-state index contributed by atoms with van der Waals surface area (Å²) in [5, 5.41) is 26.2. The number of nitrogens with zero attached hydrogens (tertiary/aromatic N) is 2. The average Bonchev–Trinajstić information content (AvgIpc) is 2.42. The molecule has 0 unspecified atom stereocenters. The van der Waals surface area contributed by atoms with Crippen molar-refractivity contribution in [3.8, 4) is 5.75 Å². The monoisotopic (exact) mass is 310 g/mol. The fraction of sp³-hybridized carbons (Fsp3) is 0. The molecule has 2 rings (SSSR count). The van der Waals surface area contributed by atoms with Crippen molar-refractivity contribution < 1.29 is 15.0 Å². The van der Waals surface area contributed by atoms with E-state index in [1.807, 2.05) is 0 Å². The van der Waals surface area contributed by atoms with Gasteiger partial charge in [0.2, 0.25) is 0 Å². The average molecular weight is 311 g/mol. The van der Waals surface area contributed by atoms with Gasteiger partial charge in [0.25, 0.3) is 0 Å². The smallest absolute Gasteiger partial charge is 0.337 e. The molecule has 0 aliphatic rings. The Balaban J connectivity index is 2.37. The van der Waals surface area contributed by atoms with Gasteiger partial charge in [-0.15, -0.1) is 5.11 Å². The van der Waals surface area contributed by atoms with Crippen LogP contribution in [0.25, 0.3) is 0 Å². The molecule has 0 saturated carbocycles. The van der Waals surface area contributed by atoms with Crippen LogP contribution in [0.5, 0.6) is 5.75 Å². The van der Waals surface area contributed by atoms with Gasteiger partial charge in [-0.25, -0.2) is 4.79 Å². The van der Waals surface area contributed by atoms with Gasteiger partial charge in [0.05, 0.1) is 21.3 Å². The molecule has 0 aliphatic heterocycles. The summed E-state index contributed by atoms with van der Waals surface area (Å²) in [5.41, 5.74) is 0.547. The van der Waals surface area contributed by atoms with Crippen molar-refractivity contribution in [2.75, 3.05) is 0 Å². The minimum absolute atomic E-state index is 0.0345. The van der Waals surface area contributed by atoms with E-state index < -0.39 is 5.97 Å². The second-order valence-corrected chi connectivity index (χ2v) is 4.59. The Morgan fingerprint density at radius 1 is 1.05 bits per heavy atom. The number of halogens is 2. The molecule has 0 radical (unpaired) electrons. The molecule has 2 aromatic carbocycles. The van der Waals surface area contributed by atoms with Crippen LogP contribution in [-0.4, -0.2) is 16.2 Å². The maximum Gasteiger partial charge on any atom is 0.337 e. The molecule has 7 heteroatoms. The molecule has 0 bridgehead atoms. The van der Waals surface area contributed by atoms with Gasteiger partial charge in [-0.1, -0.05) is 35.3 Å². The van der Waals surface area contributed by atoms with Crippen molar-refractivity contribution in [3.63, 3.8) is 0 Å². The third kappa shape index (κ3) is 3.07. The number of azo groups is 1. The summed E-state index contributed by atoms with van der Waals surface area (Å²) in [6.07, 6.45) is 0. The molecule has 0 atom stereocenters. The number of benzene rings is 2. The second-order valence-electron chi connectivity index (χ2n) is 3.78. The van der Waals surface area contributed by atoms with Gasteiger partial charge < -0.3 is 10.2 Å². The number of hydrogen-bond donors (Lipinski definition) is 2. The van der Waals surface area contributed by atoms with E-state index in [1.54, 1.807) is 12.1 Å². The summed E-state index contributed by atoms with van der Waals surface area (Å²) in [5.74, 6) is -1.33. The quantitative estimate of drug-likeness (QED) is 0.798. The fourth-order valence-electron chi connectivity index (χ4n) is 1.46. The third-order valence-corrected chi connectivity index (χ3v) is 2.99. The molecule has 5 nitrogen and oxygen atoms in total. The first-order valence-electron chi connectivity index (χ1n) is 5.41. The number of carbonyl (C=O) groups is 1. The van der Waals surface area contributed by atoms with Crippen LogP contribution in [0.4, 0.5) is 11.4 Å². The third-order valence-electron chi connectivity index (χ3n) is 2.41. The first-order valence-corrected chi connectivity index (χ1v) is 6.16. The normalized spacial score (nSPS) is 10.9. The fourth-order valence-corrected chi connectivity index (χ4v) is 1.94. The summed E-state index contributed by atoms with van der Waals surface area (Å²) in [4.78, 5) is 11.0.